The predicted octanol–water partition coefficient (Wildman–Crippen LogP) is 6.37. The molecule has 0 saturated heterocycles. The van der Waals surface area contributed by atoms with E-state index in [1.165, 1.54) is 0 Å². The molecule has 0 saturated carbocycles. The van der Waals surface area contributed by atoms with E-state index in [2.05, 4.69) is 29.6 Å². The fourth-order valence-electron chi connectivity index (χ4n) is 2.84. The van der Waals surface area contributed by atoms with Crippen molar-refractivity contribution in [3.63, 3.8) is 0 Å². The van der Waals surface area contributed by atoms with Crippen LogP contribution in [-0.4, -0.2) is 18.5 Å². The maximum absolute atomic E-state index is 10.7. The summed E-state index contributed by atoms with van der Waals surface area (Å²) in [7, 11) is 0. The van der Waals surface area contributed by atoms with Crippen LogP contribution in [0.4, 0.5) is 4.79 Å². The molecule has 34 heavy (non-hydrogen) atoms. The fourth-order valence-corrected chi connectivity index (χ4v) is 2.84. The largest absolute Gasteiger partial charge is 0.352 e. The van der Waals surface area contributed by atoms with Gasteiger partial charge in [-0.1, -0.05) is 100 Å². The Morgan fingerprint density at radius 3 is 2.15 bits per heavy atom. The molecule has 0 radical (unpaired) electrons. The molecule has 0 heterocycles. The minimum atomic E-state index is -0.498. The normalized spacial score (nSPS) is 13.0. The van der Waals surface area contributed by atoms with Gasteiger partial charge in [-0.2, -0.15) is 0 Å². The van der Waals surface area contributed by atoms with E-state index in [4.69, 9.17) is 12.2 Å². The Labute approximate surface area is 207 Å². The van der Waals surface area contributed by atoms with Crippen LogP contribution >= 0.6 is 0 Å². The monoisotopic (exact) mass is 465 g/mol. The molecule has 4 N–H and O–H groups in total. The first kappa shape index (κ1) is 32.7. The number of benzene rings is 1. The molecule has 186 valence electrons. The van der Waals surface area contributed by atoms with E-state index in [1.807, 2.05) is 95.3 Å². The summed E-state index contributed by atoms with van der Waals surface area (Å²) in [5.74, 6) is 2.51. The molecule has 0 aliphatic heterocycles. The first-order chi connectivity index (χ1) is 16.4. The number of nitrogens with two attached hydrogens (primary N) is 1. The maximum Gasteiger partial charge on any atom is 0.312 e. The predicted molar refractivity (Wildman–Crippen MR) is 146 cm³/mol. The standard InChI is InChI=1S/C15H19NO.C12H18N2O.C2H6/c1-3-4-6-9-13(2)15(16-12-17)14-10-7-5-8-11-14;1-4-6-7-8-9-10(3)11(5-2)14-12(13)15;1-2/h4-12,15H,3H2,1-2H3,(H,16,17);1,7-9,11H,5-6H2,2-3H3,(H3,13,14,15);1-2H3/b6-4-,13-9+;8-7-,10-9+;. The van der Waals surface area contributed by atoms with Crippen molar-refractivity contribution in [2.45, 2.75) is 72.9 Å². The van der Waals surface area contributed by atoms with E-state index in [-0.39, 0.29) is 12.1 Å². The number of urea groups is 1. The molecule has 2 atom stereocenters. The summed E-state index contributed by atoms with van der Waals surface area (Å²) >= 11 is 0. The van der Waals surface area contributed by atoms with Gasteiger partial charge in [-0.05, 0) is 37.8 Å². The zero-order valence-electron chi connectivity index (χ0n) is 21.7. The zero-order chi connectivity index (χ0) is 26.2. The number of primary amides is 1. The number of terminal acetylenes is 1. The van der Waals surface area contributed by atoms with E-state index in [0.717, 1.165) is 36.0 Å². The van der Waals surface area contributed by atoms with Gasteiger partial charge in [-0.15, -0.1) is 12.3 Å². The zero-order valence-corrected chi connectivity index (χ0v) is 21.7. The molecule has 1 aromatic carbocycles. The molecule has 0 fully saturated rings. The Balaban J connectivity index is 0. The highest BCUT2D eigenvalue weighted by atomic mass is 16.2. The van der Waals surface area contributed by atoms with Crippen molar-refractivity contribution in [2.75, 3.05) is 0 Å². The Bertz CT molecular complexity index is 831. The van der Waals surface area contributed by atoms with Gasteiger partial charge < -0.3 is 16.4 Å². The maximum atomic E-state index is 10.7. The highest BCUT2D eigenvalue weighted by molar-refractivity contribution is 5.72. The molecular formula is C29H43N3O2. The third kappa shape index (κ3) is 16.2. The summed E-state index contributed by atoms with van der Waals surface area (Å²) < 4.78 is 0. The number of allylic oxidation sites excluding steroid dienone is 6. The molecule has 3 amide bonds. The lowest BCUT2D eigenvalue weighted by molar-refractivity contribution is -0.110. The van der Waals surface area contributed by atoms with Crippen LogP contribution in [0.25, 0.3) is 0 Å². The summed E-state index contributed by atoms with van der Waals surface area (Å²) in [4.78, 5) is 21.4. The van der Waals surface area contributed by atoms with Crippen molar-refractivity contribution in [3.05, 3.63) is 83.5 Å². The third-order valence-electron chi connectivity index (χ3n) is 4.56. The Morgan fingerprint density at radius 2 is 1.65 bits per heavy atom. The van der Waals surface area contributed by atoms with E-state index in [9.17, 15) is 9.59 Å². The average Bonchev–Trinajstić information content (AvgIpc) is 2.85. The van der Waals surface area contributed by atoms with Crippen LogP contribution in [0, 0.1) is 12.3 Å². The lowest BCUT2D eigenvalue weighted by Crippen LogP contribution is -2.38. The Hall–Kier alpha value is -3.52. The van der Waals surface area contributed by atoms with E-state index in [1.54, 1.807) is 0 Å². The molecule has 5 nitrogen and oxygen atoms in total. The van der Waals surface area contributed by atoms with E-state index in [0.29, 0.717) is 6.42 Å². The molecule has 5 heteroatoms. The lowest BCUT2D eigenvalue weighted by atomic mass is 9.99. The SMILES string of the molecule is C#CC/C=C\C=C(/C)C(CC)NC(N)=O.CC.CC/C=C\C=C(/C)C(NC=O)c1ccccc1. The highest BCUT2D eigenvalue weighted by Gasteiger charge is 2.11. The molecule has 0 spiro atoms. The van der Waals surface area contributed by atoms with Gasteiger partial charge in [0.05, 0.1) is 12.1 Å². The van der Waals surface area contributed by atoms with Gasteiger partial charge in [0.25, 0.3) is 0 Å². The molecule has 2 unspecified atom stereocenters. The van der Waals surface area contributed by atoms with Crippen molar-refractivity contribution in [3.8, 4) is 12.3 Å². The van der Waals surface area contributed by atoms with Crippen LogP contribution in [-0.2, 0) is 4.79 Å². The fraction of sp³-hybridized carbons (Fsp3) is 0.379. The van der Waals surface area contributed by atoms with Crippen LogP contribution in [0.5, 0.6) is 0 Å². The van der Waals surface area contributed by atoms with Gasteiger partial charge in [-0.3, -0.25) is 4.79 Å². The molecule has 1 rings (SSSR count). The Kier molecular flexibility index (Phi) is 21.8. The third-order valence-corrected chi connectivity index (χ3v) is 4.56. The number of hydrogen-bond donors (Lipinski definition) is 3. The van der Waals surface area contributed by atoms with Crippen LogP contribution in [0.1, 0.15) is 72.4 Å². The molecular weight excluding hydrogens is 422 g/mol. The number of rotatable bonds is 11. The molecule has 0 aliphatic rings. The van der Waals surface area contributed by atoms with Gasteiger partial charge in [0.15, 0.2) is 0 Å². The smallest absolute Gasteiger partial charge is 0.312 e. The lowest BCUT2D eigenvalue weighted by Gasteiger charge is -2.17. The first-order valence-electron chi connectivity index (χ1n) is 11.8. The number of nitrogens with one attached hydrogen (secondary N) is 2. The summed E-state index contributed by atoms with van der Waals surface area (Å²) in [6.07, 6.45) is 20.2. The summed E-state index contributed by atoms with van der Waals surface area (Å²) in [5.41, 5.74) is 8.34. The second-order valence-corrected chi connectivity index (χ2v) is 7.09. The van der Waals surface area contributed by atoms with Gasteiger partial charge in [-0.25, -0.2) is 4.79 Å². The molecule has 0 bridgehead atoms. The summed E-state index contributed by atoms with van der Waals surface area (Å²) in [6.45, 7) is 12.1. The number of amides is 3. The van der Waals surface area contributed by atoms with Gasteiger partial charge in [0.1, 0.15) is 0 Å². The molecule has 1 aromatic rings. The summed E-state index contributed by atoms with van der Waals surface area (Å²) in [6, 6.07) is 9.41. The number of carbonyl (C=O) groups is 2. The van der Waals surface area contributed by atoms with Crippen molar-refractivity contribution in [1.82, 2.24) is 10.6 Å². The van der Waals surface area contributed by atoms with Crippen molar-refractivity contribution in [1.29, 1.82) is 0 Å². The molecule has 0 aliphatic carbocycles. The average molecular weight is 466 g/mol. The van der Waals surface area contributed by atoms with Crippen LogP contribution in [0.2, 0.25) is 0 Å². The van der Waals surface area contributed by atoms with Crippen LogP contribution in [0.15, 0.2) is 77.9 Å². The van der Waals surface area contributed by atoms with Crippen LogP contribution in [0.3, 0.4) is 0 Å². The highest BCUT2D eigenvalue weighted by Crippen LogP contribution is 2.20. The van der Waals surface area contributed by atoms with Gasteiger partial charge in [0, 0.05) is 6.42 Å². The quantitative estimate of drug-likeness (QED) is 0.201. The number of carbonyl (C=O) groups excluding carboxylic acids is 2. The Morgan fingerprint density at radius 1 is 1.06 bits per heavy atom. The molecule has 0 aromatic heterocycles. The topological polar surface area (TPSA) is 84.2 Å². The minimum Gasteiger partial charge on any atom is -0.352 e. The van der Waals surface area contributed by atoms with Crippen molar-refractivity contribution in [2.24, 2.45) is 5.73 Å². The van der Waals surface area contributed by atoms with Crippen molar-refractivity contribution >= 4 is 12.4 Å². The van der Waals surface area contributed by atoms with Gasteiger partial charge >= 0.3 is 6.03 Å². The summed E-state index contributed by atoms with van der Waals surface area (Å²) in [5, 5.41) is 5.51. The minimum absolute atomic E-state index is 0.00187. The van der Waals surface area contributed by atoms with E-state index >= 15 is 0 Å². The second kappa shape index (κ2) is 22.7. The second-order valence-electron chi connectivity index (χ2n) is 7.09. The first-order valence-corrected chi connectivity index (χ1v) is 11.8. The number of hydrogen-bond acceptors (Lipinski definition) is 2. The van der Waals surface area contributed by atoms with Crippen molar-refractivity contribution < 1.29 is 9.59 Å². The van der Waals surface area contributed by atoms with E-state index < -0.39 is 6.03 Å². The van der Waals surface area contributed by atoms with Crippen LogP contribution < -0.4 is 16.4 Å². The van der Waals surface area contributed by atoms with Gasteiger partial charge in [0.2, 0.25) is 6.41 Å².